The molecule has 0 saturated carbocycles. The van der Waals surface area contributed by atoms with Crippen molar-refractivity contribution in [1.82, 2.24) is 20.4 Å². The maximum Gasteiger partial charge on any atom is 0.408 e. The van der Waals surface area contributed by atoms with Crippen LogP contribution in [0.3, 0.4) is 0 Å². The zero-order valence-corrected chi connectivity index (χ0v) is 30.1. The highest BCUT2D eigenvalue weighted by Gasteiger charge is 2.57. The Bertz CT molecular complexity index is 1730. The first-order valence-corrected chi connectivity index (χ1v) is 16.8. The highest BCUT2D eigenvalue weighted by atomic mass is 16.7. The van der Waals surface area contributed by atoms with E-state index in [0.29, 0.717) is 52.5 Å². The van der Waals surface area contributed by atoms with E-state index in [1.165, 1.54) is 0 Å². The number of hydrogen-bond donors (Lipinski definition) is 3. The number of carbonyl (C=O) groups excluding carboxylic acids is 2. The number of likely N-dealkylation sites (N-methyl/N-ethyl adjacent to an activating group) is 1. The molecule has 2 amide bonds. The van der Waals surface area contributed by atoms with Gasteiger partial charge >= 0.3 is 6.09 Å². The van der Waals surface area contributed by atoms with E-state index in [2.05, 4.69) is 32.6 Å². The molecule has 50 heavy (non-hydrogen) atoms. The summed E-state index contributed by atoms with van der Waals surface area (Å²) in [6.07, 6.45) is 0.232. The fraction of sp³-hybridized carbons (Fsp3) is 0.583. The zero-order valence-electron chi connectivity index (χ0n) is 30.1. The number of rotatable bonds is 8. The van der Waals surface area contributed by atoms with Gasteiger partial charge in [-0.1, -0.05) is 6.07 Å². The van der Waals surface area contributed by atoms with Crippen LogP contribution in [0.2, 0.25) is 0 Å². The molecule has 2 aromatic carbocycles. The van der Waals surface area contributed by atoms with Crippen molar-refractivity contribution in [2.75, 3.05) is 41.4 Å². The number of methoxy groups -OCH3 is 2. The number of benzene rings is 2. The van der Waals surface area contributed by atoms with E-state index < -0.39 is 35.7 Å². The van der Waals surface area contributed by atoms with Gasteiger partial charge in [0.15, 0.2) is 29.8 Å². The van der Waals surface area contributed by atoms with Gasteiger partial charge in [0.25, 0.3) is 0 Å². The van der Waals surface area contributed by atoms with Gasteiger partial charge in [-0.15, -0.1) is 0 Å². The quantitative estimate of drug-likeness (QED) is 0.345. The highest BCUT2D eigenvalue weighted by Crippen LogP contribution is 2.58. The maximum absolute atomic E-state index is 13.5. The molecule has 1 fully saturated rings. The lowest BCUT2D eigenvalue weighted by atomic mass is 9.71. The average molecular weight is 694 g/mol. The molecule has 0 aromatic heterocycles. The third-order valence-electron chi connectivity index (χ3n) is 10.2. The van der Waals surface area contributed by atoms with Crippen LogP contribution >= 0.6 is 0 Å². The fourth-order valence-electron chi connectivity index (χ4n) is 8.18. The number of nitrogens with one attached hydrogen (secondary N) is 2. The van der Waals surface area contributed by atoms with Crippen molar-refractivity contribution < 1.29 is 43.1 Å². The molecule has 0 radical (unpaired) electrons. The van der Waals surface area contributed by atoms with Crippen LogP contribution in [0.4, 0.5) is 4.79 Å². The summed E-state index contributed by atoms with van der Waals surface area (Å²) in [5.41, 5.74) is 4.08. The Morgan fingerprint density at radius 2 is 1.84 bits per heavy atom. The minimum atomic E-state index is -0.915. The monoisotopic (exact) mass is 693 g/mol. The Morgan fingerprint density at radius 1 is 1.12 bits per heavy atom. The second-order valence-electron chi connectivity index (χ2n) is 14.4. The fourth-order valence-corrected chi connectivity index (χ4v) is 8.18. The van der Waals surface area contributed by atoms with Crippen LogP contribution in [-0.2, 0) is 27.1 Å². The van der Waals surface area contributed by atoms with E-state index in [9.17, 15) is 20.0 Å². The number of nitriles is 1. The smallest absolute Gasteiger partial charge is 0.408 e. The van der Waals surface area contributed by atoms with Gasteiger partial charge in [-0.25, -0.2) is 4.79 Å². The zero-order chi connectivity index (χ0) is 36.2. The van der Waals surface area contributed by atoms with E-state index in [-0.39, 0.29) is 44.0 Å². The molecule has 14 nitrogen and oxygen atoms in total. The van der Waals surface area contributed by atoms with Gasteiger partial charge in [-0.05, 0) is 72.6 Å². The molecule has 6 rings (SSSR count). The molecule has 4 aliphatic rings. The minimum Gasteiger partial charge on any atom is -0.507 e. The Hall–Kier alpha value is -4.45. The molecule has 4 aliphatic heterocycles. The van der Waals surface area contributed by atoms with Crippen LogP contribution in [0.25, 0.3) is 0 Å². The van der Waals surface area contributed by atoms with E-state index in [1.54, 1.807) is 48.8 Å². The van der Waals surface area contributed by atoms with Gasteiger partial charge in [0.1, 0.15) is 23.4 Å². The van der Waals surface area contributed by atoms with Crippen LogP contribution in [0.5, 0.6) is 28.7 Å². The van der Waals surface area contributed by atoms with Crippen LogP contribution < -0.4 is 29.6 Å². The molecular formula is C36H47N5O9. The lowest BCUT2D eigenvalue weighted by Crippen LogP contribution is -2.69. The van der Waals surface area contributed by atoms with Crippen molar-refractivity contribution in [1.29, 1.82) is 5.26 Å². The Kier molecular flexibility index (Phi) is 9.45. The van der Waals surface area contributed by atoms with Gasteiger partial charge in [-0.2, -0.15) is 5.26 Å². The SMILES string of the molecule is COCOc1c(OC)c(C)cc2c1[C@H]1C3Cc4c(O)c(C)c5c(c4[C@H](CNC(=O)C(C)NC(=O)OC(C)(C)C)N3[C@@H](C#N)C(C2)N1C)OCO5. The molecule has 2 bridgehead atoms. The predicted octanol–water partition coefficient (Wildman–Crippen LogP) is 3.53. The largest absolute Gasteiger partial charge is 0.507 e. The molecule has 2 aromatic rings. The summed E-state index contributed by atoms with van der Waals surface area (Å²) in [5.74, 6) is 1.78. The number of piperazine rings is 1. The topological polar surface area (TPSA) is 164 Å². The Balaban J connectivity index is 1.46. The number of hydrogen-bond acceptors (Lipinski definition) is 12. The third-order valence-corrected chi connectivity index (χ3v) is 10.2. The number of fused-ring (bicyclic) bond motifs is 9. The second-order valence-corrected chi connectivity index (χ2v) is 14.4. The molecule has 3 N–H and O–H groups in total. The molecule has 0 spiro atoms. The minimum absolute atomic E-state index is 0.0117. The van der Waals surface area contributed by atoms with Crippen molar-refractivity contribution >= 4 is 12.0 Å². The van der Waals surface area contributed by atoms with Gasteiger partial charge in [0.05, 0.1) is 25.3 Å². The number of ether oxygens (including phenoxy) is 6. The molecule has 270 valence electrons. The van der Waals surface area contributed by atoms with Crippen LogP contribution in [0.15, 0.2) is 6.07 Å². The van der Waals surface area contributed by atoms with E-state index in [4.69, 9.17) is 28.4 Å². The molecule has 6 atom stereocenters. The summed E-state index contributed by atoms with van der Waals surface area (Å²) < 4.78 is 34.7. The van der Waals surface area contributed by atoms with Crippen LogP contribution in [0, 0.1) is 25.2 Å². The highest BCUT2D eigenvalue weighted by molar-refractivity contribution is 5.85. The summed E-state index contributed by atoms with van der Waals surface area (Å²) in [5, 5.41) is 28.2. The number of nitrogens with zero attached hydrogens (tertiary/aromatic N) is 3. The number of amides is 2. The van der Waals surface area contributed by atoms with Crippen molar-refractivity contribution in [2.45, 2.75) is 96.2 Å². The number of aryl methyl sites for hydroxylation is 1. The molecule has 3 unspecified atom stereocenters. The summed E-state index contributed by atoms with van der Waals surface area (Å²) in [4.78, 5) is 30.4. The number of aromatic hydroxyl groups is 1. The summed E-state index contributed by atoms with van der Waals surface area (Å²) in [6.45, 7) is 10.6. The Morgan fingerprint density at radius 3 is 2.50 bits per heavy atom. The summed E-state index contributed by atoms with van der Waals surface area (Å²) >= 11 is 0. The van der Waals surface area contributed by atoms with Crippen molar-refractivity contribution in [3.63, 3.8) is 0 Å². The second kappa shape index (κ2) is 13.4. The maximum atomic E-state index is 13.5. The summed E-state index contributed by atoms with van der Waals surface area (Å²) in [7, 11) is 5.20. The number of phenolic OH excluding ortho intramolecular Hbond substituents is 1. The van der Waals surface area contributed by atoms with Crippen LogP contribution in [0.1, 0.15) is 73.2 Å². The van der Waals surface area contributed by atoms with Crippen LogP contribution in [-0.4, -0.2) is 98.1 Å². The van der Waals surface area contributed by atoms with Crippen molar-refractivity contribution in [3.05, 3.63) is 39.4 Å². The van der Waals surface area contributed by atoms with E-state index in [0.717, 1.165) is 16.7 Å². The first-order valence-electron chi connectivity index (χ1n) is 16.8. The number of alkyl carbamates (subject to hydrolysis) is 1. The van der Waals surface area contributed by atoms with Gasteiger partial charge < -0.3 is 44.2 Å². The number of phenols is 1. The van der Waals surface area contributed by atoms with E-state index in [1.807, 2.05) is 14.0 Å². The van der Waals surface area contributed by atoms with Gasteiger partial charge in [0.2, 0.25) is 12.7 Å². The predicted molar refractivity (Wildman–Crippen MR) is 181 cm³/mol. The first kappa shape index (κ1) is 35.4. The molecular weight excluding hydrogens is 646 g/mol. The first-order chi connectivity index (χ1) is 23.7. The standard InChI is InChI=1S/C36H47N5O9/c1-17-10-20-11-22-24(13-37)41-23(28(40(22)7)26(20)32(30(17)46-9)47-15-45-8)12-21-27(33-31(48-16-49-33)18(2)29(21)42)25(41)14-38-34(43)19(3)39-35(44)50-36(4,5)6/h10,19,22-25,28,42H,11-12,14-16H2,1-9H3,(H,38,43)(H,39,44)/t19?,22?,23?,24-,25-,28+/m0/s1. The van der Waals surface area contributed by atoms with E-state index >= 15 is 0 Å². The van der Waals surface area contributed by atoms with Crippen molar-refractivity contribution in [3.8, 4) is 34.8 Å². The lowest BCUT2D eigenvalue weighted by molar-refractivity contribution is -0.123. The normalized spacial score (nSPS) is 24.2. The third kappa shape index (κ3) is 5.91. The van der Waals surface area contributed by atoms with Gasteiger partial charge in [-0.3, -0.25) is 14.6 Å². The Labute approximate surface area is 292 Å². The molecule has 1 saturated heterocycles. The number of carbonyl (C=O) groups is 2. The molecule has 4 heterocycles. The average Bonchev–Trinajstić information content (AvgIpc) is 3.54. The molecule has 14 heteroatoms. The lowest BCUT2D eigenvalue weighted by Gasteiger charge is -2.60. The van der Waals surface area contributed by atoms with Crippen molar-refractivity contribution in [2.24, 2.45) is 0 Å². The molecule has 0 aliphatic carbocycles. The summed E-state index contributed by atoms with van der Waals surface area (Å²) in [6, 6.07) is 1.73. The van der Waals surface area contributed by atoms with Gasteiger partial charge in [0, 0.05) is 48.0 Å².